The topological polar surface area (TPSA) is 63.2 Å². The maximum Gasteiger partial charge on any atom is 0.253 e. The number of nitrogens with one attached hydrogen (secondary N) is 2. The van der Waals surface area contributed by atoms with Crippen LogP contribution in [0.3, 0.4) is 0 Å². The van der Waals surface area contributed by atoms with E-state index in [-0.39, 0.29) is 11.9 Å². The number of pyridine rings is 1. The fourth-order valence-corrected chi connectivity index (χ4v) is 2.41. The van der Waals surface area contributed by atoms with Crippen LogP contribution in [0.5, 0.6) is 0 Å². The summed E-state index contributed by atoms with van der Waals surface area (Å²) in [5.74, 6) is 0.448. The lowest BCUT2D eigenvalue weighted by molar-refractivity contribution is 0.0538. The van der Waals surface area contributed by atoms with Gasteiger partial charge in [-0.3, -0.25) is 9.78 Å². The van der Waals surface area contributed by atoms with Gasteiger partial charge in [0.25, 0.3) is 5.91 Å². The van der Waals surface area contributed by atoms with Crippen molar-refractivity contribution in [1.29, 1.82) is 0 Å². The molecule has 2 heterocycles. The van der Waals surface area contributed by atoms with Gasteiger partial charge in [0.05, 0.1) is 17.4 Å². The minimum absolute atomic E-state index is 0.0502. The Bertz CT molecular complexity index is 430. The molecule has 104 valence electrons. The Kier molecular flexibility index (Phi) is 4.74. The van der Waals surface area contributed by atoms with Crippen LogP contribution in [0.4, 0.5) is 5.69 Å². The molecule has 1 saturated heterocycles. The molecule has 5 nitrogen and oxygen atoms in total. The molecule has 5 heteroatoms. The Morgan fingerprint density at radius 2 is 2.21 bits per heavy atom. The zero-order valence-electron chi connectivity index (χ0n) is 11.5. The first-order chi connectivity index (χ1) is 9.22. The summed E-state index contributed by atoms with van der Waals surface area (Å²) in [6, 6.07) is 1.90. The van der Waals surface area contributed by atoms with E-state index in [0.717, 1.165) is 31.7 Å². The van der Waals surface area contributed by atoms with Gasteiger partial charge in [-0.15, -0.1) is 0 Å². The largest absolute Gasteiger partial charge is 0.386 e. The third-order valence-corrected chi connectivity index (χ3v) is 3.67. The molecule has 1 aliphatic heterocycles. The molecule has 1 aliphatic rings. The van der Waals surface area contributed by atoms with Crippen molar-refractivity contribution in [1.82, 2.24) is 10.3 Å². The minimum Gasteiger partial charge on any atom is -0.386 e. The van der Waals surface area contributed by atoms with Crippen molar-refractivity contribution >= 4 is 11.6 Å². The van der Waals surface area contributed by atoms with Gasteiger partial charge in [-0.25, -0.2) is 0 Å². The number of anilines is 1. The molecule has 0 radical (unpaired) electrons. The van der Waals surface area contributed by atoms with Crippen molar-refractivity contribution in [3.8, 4) is 0 Å². The lowest BCUT2D eigenvalue weighted by Gasteiger charge is -2.28. The Morgan fingerprint density at radius 1 is 1.47 bits per heavy atom. The highest BCUT2D eigenvalue weighted by atomic mass is 16.5. The average molecular weight is 263 g/mol. The Balaban J connectivity index is 1.99. The van der Waals surface area contributed by atoms with E-state index in [9.17, 15) is 4.79 Å². The summed E-state index contributed by atoms with van der Waals surface area (Å²) in [6.45, 7) is 3.65. The normalized spacial score (nSPS) is 17.8. The van der Waals surface area contributed by atoms with Gasteiger partial charge in [0.2, 0.25) is 0 Å². The van der Waals surface area contributed by atoms with Crippen LogP contribution in [0.1, 0.15) is 30.1 Å². The lowest BCUT2D eigenvalue weighted by Crippen LogP contribution is -2.40. The molecule has 1 unspecified atom stereocenters. The fourth-order valence-electron chi connectivity index (χ4n) is 2.41. The molecule has 1 amide bonds. The quantitative estimate of drug-likeness (QED) is 0.867. The van der Waals surface area contributed by atoms with Gasteiger partial charge >= 0.3 is 0 Å². The summed E-state index contributed by atoms with van der Waals surface area (Å²) in [5.41, 5.74) is 1.38. The third-order valence-electron chi connectivity index (χ3n) is 3.67. The molecule has 0 saturated carbocycles. The van der Waals surface area contributed by atoms with Crippen LogP contribution < -0.4 is 10.6 Å². The number of carbonyl (C=O) groups excluding carboxylic acids is 1. The summed E-state index contributed by atoms with van der Waals surface area (Å²) in [7, 11) is 1.79. The first kappa shape index (κ1) is 13.8. The van der Waals surface area contributed by atoms with Crippen LogP contribution in [0.15, 0.2) is 18.5 Å². The number of aromatic nitrogens is 1. The minimum atomic E-state index is -0.0502. The van der Waals surface area contributed by atoms with E-state index in [1.54, 1.807) is 25.5 Å². The van der Waals surface area contributed by atoms with Crippen molar-refractivity contribution < 1.29 is 9.53 Å². The summed E-state index contributed by atoms with van der Waals surface area (Å²) < 4.78 is 5.35. The number of rotatable bonds is 4. The number of amides is 1. The predicted molar refractivity (Wildman–Crippen MR) is 74.3 cm³/mol. The fraction of sp³-hybridized carbons (Fsp3) is 0.571. The van der Waals surface area contributed by atoms with Crippen LogP contribution >= 0.6 is 0 Å². The van der Waals surface area contributed by atoms with Crippen molar-refractivity contribution in [2.24, 2.45) is 5.92 Å². The standard InChI is InChI=1S/C14H21N3O2/c1-10(11-4-7-19-8-5-11)17-14(18)12-3-6-16-9-13(12)15-2/h3,6,9-11,15H,4-5,7-8H2,1-2H3,(H,17,18). The van der Waals surface area contributed by atoms with E-state index in [1.807, 2.05) is 0 Å². The summed E-state index contributed by atoms with van der Waals surface area (Å²) in [5, 5.41) is 6.06. The van der Waals surface area contributed by atoms with Crippen molar-refractivity contribution in [2.45, 2.75) is 25.8 Å². The van der Waals surface area contributed by atoms with Gasteiger partial charge in [0.15, 0.2) is 0 Å². The van der Waals surface area contributed by atoms with Crippen LogP contribution in [0, 0.1) is 5.92 Å². The van der Waals surface area contributed by atoms with Crippen molar-refractivity contribution in [3.63, 3.8) is 0 Å². The van der Waals surface area contributed by atoms with Gasteiger partial charge in [-0.1, -0.05) is 0 Å². The van der Waals surface area contributed by atoms with Crippen molar-refractivity contribution in [2.75, 3.05) is 25.6 Å². The van der Waals surface area contributed by atoms with E-state index in [2.05, 4.69) is 22.5 Å². The van der Waals surface area contributed by atoms with E-state index < -0.39 is 0 Å². The summed E-state index contributed by atoms with van der Waals surface area (Å²) >= 11 is 0. The zero-order valence-corrected chi connectivity index (χ0v) is 11.5. The molecule has 1 aromatic heterocycles. The molecule has 0 bridgehead atoms. The molecular formula is C14H21N3O2. The number of nitrogens with zero attached hydrogens (tertiary/aromatic N) is 1. The second kappa shape index (κ2) is 6.52. The lowest BCUT2D eigenvalue weighted by atomic mass is 9.93. The number of hydrogen-bond acceptors (Lipinski definition) is 4. The smallest absolute Gasteiger partial charge is 0.253 e. The van der Waals surface area contributed by atoms with E-state index >= 15 is 0 Å². The van der Waals surface area contributed by atoms with Crippen LogP contribution in [0.2, 0.25) is 0 Å². The highest BCUT2D eigenvalue weighted by molar-refractivity contribution is 5.99. The second-order valence-corrected chi connectivity index (χ2v) is 4.88. The van der Waals surface area contributed by atoms with E-state index in [1.165, 1.54) is 0 Å². The molecule has 0 aliphatic carbocycles. The van der Waals surface area contributed by atoms with Gasteiger partial charge in [-0.2, -0.15) is 0 Å². The highest BCUT2D eigenvalue weighted by Gasteiger charge is 2.22. The average Bonchev–Trinajstić information content (AvgIpc) is 2.48. The molecule has 19 heavy (non-hydrogen) atoms. The first-order valence-electron chi connectivity index (χ1n) is 6.72. The highest BCUT2D eigenvalue weighted by Crippen LogP contribution is 2.19. The third kappa shape index (κ3) is 3.44. The second-order valence-electron chi connectivity index (χ2n) is 4.88. The number of ether oxygens (including phenoxy) is 1. The maximum absolute atomic E-state index is 12.3. The summed E-state index contributed by atoms with van der Waals surface area (Å²) in [6.07, 6.45) is 5.32. The number of hydrogen-bond donors (Lipinski definition) is 2. The van der Waals surface area contributed by atoms with Gasteiger partial charge in [0.1, 0.15) is 0 Å². The number of carbonyl (C=O) groups is 1. The first-order valence-corrected chi connectivity index (χ1v) is 6.72. The van der Waals surface area contributed by atoms with Gasteiger partial charge in [-0.05, 0) is 31.7 Å². The molecule has 0 aromatic carbocycles. The van der Waals surface area contributed by atoms with Gasteiger partial charge in [0, 0.05) is 32.5 Å². The molecule has 0 spiro atoms. The predicted octanol–water partition coefficient (Wildman–Crippen LogP) is 1.67. The SMILES string of the molecule is CNc1cnccc1C(=O)NC(C)C1CCOCC1. The Labute approximate surface area is 113 Å². The Hall–Kier alpha value is -1.62. The summed E-state index contributed by atoms with van der Waals surface area (Å²) in [4.78, 5) is 16.3. The Morgan fingerprint density at radius 3 is 2.89 bits per heavy atom. The van der Waals surface area contributed by atoms with Gasteiger partial charge < -0.3 is 15.4 Å². The van der Waals surface area contributed by atoms with Crippen molar-refractivity contribution in [3.05, 3.63) is 24.0 Å². The van der Waals surface area contributed by atoms with Crippen LogP contribution in [-0.4, -0.2) is 37.2 Å². The molecule has 1 atom stereocenters. The zero-order chi connectivity index (χ0) is 13.7. The molecule has 2 N–H and O–H groups in total. The molecular weight excluding hydrogens is 242 g/mol. The monoisotopic (exact) mass is 263 g/mol. The maximum atomic E-state index is 12.3. The molecule has 1 fully saturated rings. The van der Waals surface area contributed by atoms with Crippen LogP contribution in [0.25, 0.3) is 0 Å². The van der Waals surface area contributed by atoms with E-state index in [0.29, 0.717) is 11.5 Å². The molecule has 1 aromatic rings. The van der Waals surface area contributed by atoms with Crippen LogP contribution in [-0.2, 0) is 4.74 Å². The van der Waals surface area contributed by atoms with E-state index in [4.69, 9.17) is 4.74 Å². The molecule has 2 rings (SSSR count).